The lowest BCUT2D eigenvalue weighted by Gasteiger charge is -2.16. The molecule has 0 saturated heterocycles. The van der Waals surface area contributed by atoms with E-state index in [0.29, 0.717) is 10.6 Å². The van der Waals surface area contributed by atoms with Gasteiger partial charge in [0, 0.05) is 5.02 Å². The highest BCUT2D eigenvalue weighted by Crippen LogP contribution is 2.27. The Bertz CT molecular complexity index is 747. The van der Waals surface area contributed by atoms with Crippen LogP contribution in [0.5, 0.6) is 0 Å². The molecule has 2 aromatic carbocycles. The molecule has 0 atom stereocenters. The Balaban J connectivity index is 2.03. The van der Waals surface area contributed by atoms with Crippen LogP contribution in [0.1, 0.15) is 35.1 Å². The van der Waals surface area contributed by atoms with Gasteiger partial charge in [0.25, 0.3) is 0 Å². The van der Waals surface area contributed by atoms with Crippen LogP contribution in [-0.2, 0) is 17.6 Å². The standard InChI is InChI=1S/C19H17ClO2/c20-17-7-3-4-13(10-17)11-18(19(21)22)16-9-8-14-5-1-2-6-15(14)12-16/h3-4,7-12H,1-2,5-6H2,(H,21,22)/b18-11-. The molecule has 1 aliphatic rings. The van der Waals surface area contributed by atoms with Crippen molar-refractivity contribution in [2.24, 2.45) is 0 Å². The van der Waals surface area contributed by atoms with Crippen LogP contribution in [0.25, 0.3) is 11.6 Å². The summed E-state index contributed by atoms with van der Waals surface area (Å²) < 4.78 is 0. The predicted molar refractivity (Wildman–Crippen MR) is 90.0 cm³/mol. The zero-order valence-electron chi connectivity index (χ0n) is 12.2. The second-order valence-electron chi connectivity index (χ2n) is 5.61. The van der Waals surface area contributed by atoms with Crippen LogP contribution in [0.4, 0.5) is 0 Å². The van der Waals surface area contributed by atoms with E-state index in [1.165, 1.54) is 24.0 Å². The molecule has 3 rings (SSSR count). The third kappa shape index (κ3) is 3.23. The van der Waals surface area contributed by atoms with Gasteiger partial charge in [0.2, 0.25) is 0 Å². The van der Waals surface area contributed by atoms with Gasteiger partial charge in [-0.3, -0.25) is 0 Å². The molecule has 1 N–H and O–H groups in total. The van der Waals surface area contributed by atoms with Gasteiger partial charge in [-0.15, -0.1) is 0 Å². The van der Waals surface area contributed by atoms with Crippen molar-refractivity contribution >= 4 is 29.2 Å². The van der Waals surface area contributed by atoms with Crippen LogP contribution < -0.4 is 0 Å². The van der Waals surface area contributed by atoms with Crippen LogP contribution >= 0.6 is 11.6 Å². The number of aryl methyl sites for hydroxylation is 2. The lowest BCUT2D eigenvalue weighted by atomic mass is 9.89. The first kappa shape index (κ1) is 14.9. The second kappa shape index (κ2) is 6.37. The third-order valence-corrected chi connectivity index (χ3v) is 4.28. The van der Waals surface area contributed by atoms with E-state index < -0.39 is 5.97 Å². The number of hydrogen-bond acceptors (Lipinski definition) is 1. The Morgan fingerprint density at radius 1 is 1.05 bits per heavy atom. The number of halogens is 1. The van der Waals surface area contributed by atoms with Crippen LogP contribution in [0.2, 0.25) is 5.02 Å². The van der Waals surface area contributed by atoms with Crippen molar-refractivity contribution in [3.63, 3.8) is 0 Å². The summed E-state index contributed by atoms with van der Waals surface area (Å²) >= 11 is 5.97. The minimum Gasteiger partial charge on any atom is -0.478 e. The van der Waals surface area contributed by atoms with Gasteiger partial charge in [-0.1, -0.05) is 41.9 Å². The monoisotopic (exact) mass is 312 g/mol. The number of aliphatic carboxylic acids is 1. The molecule has 0 saturated carbocycles. The number of rotatable bonds is 3. The summed E-state index contributed by atoms with van der Waals surface area (Å²) in [7, 11) is 0. The van der Waals surface area contributed by atoms with Gasteiger partial charge in [0.15, 0.2) is 0 Å². The van der Waals surface area contributed by atoms with Crippen molar-refractivity contribution in [2.75, 3.05) is 0 Å². The summed E-state index contributed by atoms with van der Waals surface area (Å²) in [5, 5.41) is 10.2. The molecule has 2 nitrogen and oxygen atoms in total. The Morgan fingerprint density at radius 3 is 2.55 bits per heavy atom. The Hall–Kier alpha value is -2.06. The van der Waals surface area contributed by atoms with Crippen molar-refractivity contribution in [2.45, 2.75) is 25.7 Å². The van der Waals surface area contributed by atoms with E-state index >= 15 is 0 Å². The molecule has 0 spiro atoms. The third-order valence-electron chi connectivity index (χ3n) is 4.05. The van der Waals surface area contributed by atoms with E-state index in [1.54, 1.807) is 18.2 Å². The molecule has 22 heavy (non-hydrogen) atoms. The summed E-state index contributed by atoms with van der Waals surface area (Å²) in [6.07, 6.45) is 6.20. The smallest absolute Gasteiger partial charge is 0.336 e. The minimum atomic E-state index is -0.921. The molecule has 1 aliphatic carbocycles. The fraction of sp³-hybridized carbons (Fsp3) is 0.211. The lowest BCUT2D eigenvalue weighted by Crippen LogP contribution is -2.05. The first-order valence-corrected chi connectivity index (χ1v) is 7.84. The van der Waals surface area contributed by atoms with E-state index in [9.17, 15) is 9.90 Å². The van der Waals surface area contributed by atoms with E-state index in [1.807, 2.05) is 24.3 Å². The van der Waals surface area contributed by atoms with Crippen LogP contribution in [0, 0.1) is 0 Å². The molecule has 0 aliphatic heterocycles. The molecule has 0 aromatic heterocycles. The highest BCUT2D eigenvalue weighted by Gasteiger charge is 2.15. The molecule has 2 aromatic rings. The SMILES string of the molecule is O=C(O)/C(=C\c1cccc(Cl)c1)c1ccc2c(c1)CCCC2. The van der Waals surface area contributed by atoms with Gasteiger partial charge < -0.3 is 5.11 Å². The summed E-state index contributed by atoms with van der Waals surface area (Å²) in [5.74, 6) is -0.921. The number of carboxylic acid groups (broad SMARTS) is 1. The molecule has 0 fully saturated rings. The topological polar surface area (TPSA) is 37.3 Å². The van der Waals surface area contributed by atoms with Crippen molar-refractivity contribution in [1.82, 2.24) is 0 Å². The van der Waals surface area contributed by atoms with Gasteiger partial charge >= 0.3 is 5.97 Å². The fourth-order valence-electron chi connectivity index (χ4n) is 2.93. The van der Waals surface area contributed by atoms with Crippen LogP contribution in [0.15, 0.2) is 42.5 Å². The molecular formula is C19H17ClO2. The van der Waals surface area contributed by atoms with Crippen molar-refractivity contribution in [3.05, 3.63) is 69.7 Å². The quantitative estimate of drug-likeness (QED) is 0.650. The summed E-state index contributed by atoms with van der Waals surface area (Å²) in [6, 6.07) is 13.2. The van der Waals surface area contributed by atoms with Crippen molar-refractivity contribution < 1.29 is 9.90 Å². The van der Waals surface area contributed by atoms with Crippen LogP contribution in [0.3, 0.4) is 0 Å². The maximum Gasteiger partial charge on any atom is 0.336 e. The van der Waals surface area contributed by atoms with Gasteiger partial charge in [0.1, 0.15) is 0 Å². The molecule has 0 unspecified atom stereocenters. The maximum atomic E-state index is 11.7. The fourth-order valence-corrected chi connectivity index (χ4v) is 3.13. The first-order chi connectivity index (χ1) is 10.6. The predicted octanol–water partition coefficient (Wildman–Crippen LogP) is 4.84. The van der Waals surface area contributed by atoms with E-state index in [2.05, 4.69) is 6.07 Å². The minimum absolute atomic E-state index is 0.302. The largest absolute Gasteiger partial charge is 0.478 e. The number of benzene rings is 2. The van der Waals surface area contributed by atoms with Gasteiger partial charge in [0.05, 0.1) is 5.57 Å². The highest BCUT2D eigenvalue weighted by atomic mass is 35.5. The van der Waals surface area contributed by atoms with Gasteiger partial charge in [-0.05, 0) is 66.1 Å². The summed E-state index contributed by atoms with van der Waals surface area (Å²) in [6.45, 7) is 0. The van der Waals surface area contributed by atoms with Crippen LogP contribution in [-0.4, -0.2) is 11.1 Å². The molecule has 0 bridgehead atoms. The molecule has 0 heterocycles. The molecule has 0 amide bonds. The molecule has 112 valence electrons. The number of fused-ring (bicyclic) bond motifs is 1. The van der Waals surface area contributed by atoms with Crippen molar-refractivity contribution in [3.8, 4) is 0 Å². The maximum absolute atomic E-state index is 11.7. The zero-order valence-corrected chi connectivity index (χ0v) is 12.9. The van der Waals surface area contributed by atoms with Crippen molar-refractivity contribution in [1.29, 1.82) is 0 Å². The van der Waals surface area contributed by atoms with Gasteiger partial charge in [-0.2, -0.15) is 0 Å². The Kier molecular flexibility index (Phi) is 4.30. The first-order valence-electron chi connectivity index (χ1n) is 7.46. The molecule has 3 heteroatoms. The average Bonchev–Trinajstić information content (AvgIpc) is 2.52. The summed E-state index contributed by atoms with van der Waals surface area (Å²) in [5.41, 5.74) is 4.48. The van der Waals surface area contributed by atoms with E-state index in [0.717, 1.165) is 24.0 Å². The molecular weight excluding hydrogens is 296 g/mol. The van der Waals surface area contributed by atoms with Gasteiger partial charge in [-0.25, -0.2) is 4.79 Å². The highest BCUT2D eigenvalue weighted by molar-refractivity contribution is 6.30. The zero-order chi connectivity index (χ0) is 15.5. The van der Waals surface area contributed by atoms with E-state index in [4.69, 9.17) is 11.6 Å². The van der Waals surface area contributed by atoms with E-state index in [-0.39, 0.29) is 0 Å². The summed E-state index contributed by atoms with van der Waals surface area (Å²) in [4.78, 5) is 11.7. The molecule has 0 radical (unpaired) electrons. The Morgan fingerprint density at radius 2 is 1.82 bits per heavy atom. The average molecular weight is 313 g/mol. The number of hydrogen-bond donors (Lipinski definition) is 1. The normalized spacial score (nSPS) is 14.5. The Labute approximate surface area is 135 Å². The number of carbonyl (C=O) groups is 1. The lowest BCUT2D eigenvalue weighted by molar-refractivity contribution is -0.130. The second-order valence-corrected chi connectivity index (χ2v) is 6.05. The number of carboxylic acids is 1.